The number of aliphatic carboxylic acids is 1. The van der Waals surface area contributed by atoms with Crippen molar-refractivity contribution < 1.29 is 14.6 Å². The summed E-state index contributed by atoms with van der Waals surface area (Å²) in [5.41, 5.74) is -0.289. The number of methoxy groups -OCH3 is 1. The first-order valence-electron chi connectivity index (χ1n) is 5.64. The van der Waals surface area contributed by atoms with Crippen LogP contribution < -0.4 is 0 Å². The molecule has 0 aromatic heterocycles. The highest BCUT2D eigenvalue weighted by Gasteiger charge is 2.39. The van der Waals surface area contributed by atoms with E-state index in [1.54, 1.807) is 0 Å². The van der Waals surface area contributed by atoms with E-state index in [0.29, 0.717) is 5.92 Å². The molecule has 0 saturated heterocycles. The lowest BCUT2D eigenvalue weighted by atomic mass is 9.77. The Kier molecular flexibility index (Phi) is 3.77. The van der Waals surface area contributed by atoms with Crippen molar-refractivity contribution >= 4 is 5.97 Å². The van der Waals surface area contributed by atoms with E-state index in [2.05, 4.69) is 6.92 Å². The zero-order valence-electron chi connectivity index (χ0n) is 10.1. The van der Waals surface area contributed by atoms with Gasteiger partial charge in [-0.3, -0.25) is 0 Å². The zero-order chi connectivity index (χ0) is 11.6. The first-order chi connectivity index (χ1) is 6.88. The Labute approximate surface area is 91.8 Å². The van der Waals surface area contributed by atoms with E-state index < -0.39 is 12.1 Å². The minimum atomic E-state index is -0.856. The molecule has 0 radical (unpaired) electrons. The monoisotopic (exact) mass is 214 g/mol. The van der Waals surface area contributed by atoms with Crippen LogP contribution in [-0.2, 0) is 9.53 Å². The van der Waals surface area contributed by atoms with Crippen LogP contribution in [0, 0.1) is 17.3 Å². The molecule has 15 heavy (non-hydrogen) atoms. The maximum Gasteiger partial charge on any atom is 0.333 e. The molecule has 3 nitrogen and oxygen atoms in total. The van der Waals surface area contributed by atoms with Crippen LogP contribution in [0.15, 0.2) is 0 Å². The summed E-state index contributed by atoms with van der Waals surface area (Å²) in [5, 5.41) is 9.05. The molecule has 0 bridgehead atoms. The third-order valence-electron chi connectivity index (χ3n) is 3.44. The van der Waals surface area contributed by atoms with Crippen molar-refractivity contribution in [3.8, 4) is 0 Å². The first kappa shape index (κ1) is 12.5. The van der Waals surface area contributed by atoms with Gasteiger partial charge in [0.15, 0.2) is 6.10 Å². The van der Waals surface area contributed by atoms with Crippen molar-refractivity contribution in [3.63, 3.8) is 0 Å². The average Bonchev–Trinajstić information content (AvgIpc) is 2.83. The Hall–Kier alpha value is -0.570. The molecule has 88 valence electrons. The quantitative estimate of drug-likeness (QED) is 0.739. The molecule has 0 aromatic carbocycles. The van der Waals surface area contributed by atoms with Gasteiger partial charge in [-0.05, 0) is 31.1 Å². The molecule has 0 heterocycles. The van der Waals surface area contributed by atoms with Gasteiger partial charge in [0.1, 0.15) is 0 Å². The number of carbonyl (C=O) groups is 1. The van der Waals surface area contributed by atoms with Crippen molar-refractivity contribution in [2.24, 2.45) is 17.3 Å². The largest absolute Gasteiger partial charge is 0.479 e. The number of rotatable bonds is 6. The molecule has 3 heteroatoms. The van der Waals surface area contributed by atoms with Crippen molar-refractivity contribution in [1.29, 1.82) is 0 Å². The molecule has 0 aliphatic heterocycles. The van der Waals surface area contributed by atoms with Crippen LogP contribution >= 0.6 is 0 Å². The molecule has 1 aliphatic rings. The molecule has 1 fully saturated rings. The van der Waals surface area contributed by atoms with Gasteiger partial charge in [0.25, 0.3) is 0 Å². The second-order valence-corrected chi connectivity index (χ2v) is 5.46. The summed E-state index contributed by atoms with van der Waals surface area (Å²) in [6.45, 7) is 6.18. The Morgan fingerprint density at radius 3 is 2.40 bits per heavy atom. The maximum absolute atomic E-state index is 11.0. The lowest BCUT2D eigenvalue weighted by Gasteiger charge is -2.32. The van der Waals surface area contributed by atoms with E-state index in [-0.39, 0.29) is 5.41 Å². The van der Waals surface area contributed by atoms with Gasteiger partial charge >= 0.3 is 5.97 Å². The summed E-state index contributed by atoms with van der Waals surface area (Å²) in [6.07, 6.45) is 2.84. The van der Waals surface area contributed by atoms with Gasteiger partial charge in [0, 0.05) is 12.5 Å². The summed E-state index contributed by atoms with van der Waals surface area (Å²) in [4.78, 5) is 11.0. The van der Waals surface area contributed by atoms with Crippen LogP contribution in [0.5, 0.6) is 0 Å². The number of hydrogen-bond donors (Lipinski definition) is 1. The lowest BCUT2D eigenvalue weighted by Crippen LogP contribution is -2.39. The van der Waals surface area contributed by atoms with E-state index in [1.807, 2.05) is 13.8 Å². The molecule has 1 N–H and O–H groups in total. The van der Waals surface area contributed by atoms with Crippen LogP contribution in [-0.4, -0.2) is 24.3 Å². The first-order valence-corrected chi connectivity index (χ1v) is 5.64. The molecule has 1 rings (SSSR count). The smallest absolute Gasteiger partial charge is 0.333 e. The van der Waals surface area contributed by atoms with Gasteiger partial charge in [-0.15, -0.1) is 0 Å². The maximum atomic E-state index is 11.0. The van der Waals surface area contributed by atoms with Crippen molar-refractivity contribution in [1.82, 2.24) is 0 Å². The second kappa shape index (κ2) is 4.52. The predicted octanol–water partition coefficient (Wildman–Crippen LogP) is 2.55. The summed E-state index contributed by atoms with van der Waals surface area (Å²) >= 11 is 0. The number of carboxylic acid groups (broad SMARTS) is 1. The summed E-state index contributed by atoms with van der Waals surface area (Å²) < 4.78 is 5.08. The molecule has 1 aliphatic carbocycles. The van der Waals surface area contributed by atoms with Gasteiger partial charge < -0.3 is 9.84 Å². The normalized spacial score (nSPS) is 21.1. The highest BCUT2D eigenvalue weighted by molar-refractivity contribution is 5.73. The fourth-order valence-electron chi connectivity index (χ4n) is 2.52. The van der Waals surface area contributed by atoms with Crippen LogP contribution in [0.25, 0.3) is 0 Å². The van der Waals surface area contributed by atoms with Crippen molar-refractivity contribution in [3.05, 3.63) is 0 Å². The minimum absolute atomic E-state index is 0.289. The summed E-state index contributed by atoms with van der Waals surface area (Å²) in [6, 6.07) is 0. The fraction of sp³-hybridized carbons (Fsp3) is 0.917. The minimum Gasteiger partial charge on any atom is -0.479 e. The highest BCUT2D eigenvalue weighted by Crippen LogP contribution is 2.43. The Morgan fingerprint density at radius 2 is 2.07 bits per heavy atom. The van der Waals surface area contributed by atoms with Gasteiger partial charge in [0.2, 0.25) is 0 Å². The SMILES string of the molecule is COC(C(=O)O)C(C)(C)CC(C)C1CC1. The standard InChI is InChI=1S/C12H22O3/c1-8(9-5-6-9)7-12(2,3)10(15-4)11(13)14/h8-10H,5-7H2,1-4H3,(H,13,14). The third-order valence-corrected chi connectivity index (χ3v) is 3.44. The summed E-state index contributed by atoms with van der Waals surface area (Å²) in [5.74, 6) is 0.568. The highest BCUT2D eigenvalue weighted by atomic mass is 16.5. The van der Waals surface area contributed by atoms with E-state index in [9.17, 15) is 4.79 Å². The lowest BCUT2D eigenvalue weighted by molar-refractivity contribution is -0.156. The number of carboxylic acids is 1. The van der Waals surface area contributed by atoms with E-state index >= 15 is 0 Å². The molecule has 0 aromatic rings. The molecule has 2 unspecified atom stereocenters. The third kappa shape index (κ3) is 3.20. The predicted molar refractivity (Wildman–Crippen MR) is 58.7 cm³/mol. The zero-order valence-corrected chi connectivity index (χ0v) is 10.1. The summed E-state index contributed by atoms with van der Waals surface area (Å²) in [7, 11) is 1.47. The van der Waals surface area contributed by atoms with Crippen LogP contribution in [0.4, 0.5) is 0 Å². The van der Waals surface area contributed by atoms with Crippen LogP contribution in [0.2, 0.25) is 0 Å². The van der Waals surface area contributed by atoms with E-state index in [4.69, 9.17) is 9.84 Å². The van der Waals surface area contributed by atoms with Gasteiger partial charge in [-0.2, -0.15) is 0 Å². The number of ether oxygens (including phenoxy) is 1. The Balaban J connectivity index is 2.57. The van der Waals surface area contributed by atoms with Crippen LogP contribution in [0.3, 0.4) is 0 Å². The van der Waals surface area contributed by atoms with E-state index in [1.165, 1.54) is 20.0 Å². The molecular formula is C12H22O3. The Bertz CT molecular complexity index is 231. The van der Waals surface area contributed by atoms with Gasteiger partial charge in [0.05, 0.1) is 0 Å². The van der Waals surface area contributed by atoms with Crippen molar-refractivity contribution in [2.75, 3.05) is 7.11 Å². The average molecular weight is 214 g/mol. The van der Waals surface area contributed by atoms with E-state index in [0.717, 1.165) is 12.3 Å². The molecular weight excluding hydrogens is 192 g/mol. The van der Waals surface area contributed by atoms with Gasteiger partial charge in [-0.25, -0.2) is 4.79 Å². The van der Waals surface area contributed by atoms with Crippen molar-refractivity contribution in [2.45, 2.75) is 46.1 Å². The molecule has 2 atom stereocenters. The molecule has 0 amide bonds. The Morgan fingerprint density at radius 1 is 1.53 bits per heavy atom. The van der Waals surface area contributed by atoms with Crippen LogP contribution in [0.1, 0.15) is 40.0 Å². The van der Waals surface area contributed by atoms with Gasteiger partial charge in [-0.1, -0.05) is 20.8 Å². The second-order valence-electron chi connectivity index (χ2n) is 5.46. The topological polar surface area (TPSA) is 46.5 Å². The molecule has 0 spiro atoms. The number of hydrogen-bond acceptors (Lipinski definition) is 2. The fourth-order valence-corrected chi connectivity index (χ4v) is 2.52. The molecule has 1 saturated carbocycles.